The van der Waals surface area contributed by atoms with Crippen molar-refractivity contribution < 1.29 is 19.4 Å². The number of esters is 1. The Morgan fingerprint density at radius 2 is 1.61 bits per heavy atom. The molecule has 178 valence electrons. The van der Waals surface area contributed by atoms with Crippen LogP contribution < -0.4 is 10.6 Å². The summed E-state index contributed by atoms with van der Waals surface area (Å²) < 4.78 is 5.87. The molecule has 1 heterocycles. The number of carboxylic acids is 1. The van der Waals surface area contributed by atoms with Crippen molar-refractivity contribution in [3.63, 3.8) is 0 Å². The summed E-state index contributed by atoms with van der Waals surface area (Å²) in [6, 6.07) is 2.17. The number of allylic oxidation sites excluding steroid dienone is 2. The Kier molecular flexibility index (Phi) is 7.61. The summed E-state index contributed by atoms with van der Waals surface area (Å²) >= 11 is 0. The average Bonchev–Trinajstić information content (AvgIpc) is 2.72. The summed E-state index contributed by atoms with van der Waals surface area (Å²) in [5.74, 6) is -0.402. The summed E-state index contributed by atoms with van der Waals surface area (Å²) in [7, 11) is 0. The molecule has 5 heteroatoms. The number of unbranched alkanes of at least 4 members (excludes halogenated alkanes) is 5. The predicted octanol–water partition coefficient (Wildman–Crippen LogP) is 5.22. The maximum Gasteiger partial charge on any atom is 0.311 e. The van der Waals surface area contributed by atoms with Gasteiger partial charge in [0.2, 0.25) is 0 Å². The van der Waals surface area contributed by atoms with Crippen LogP contribution in [0.4, 0.5) is 0 Å². The van der Waals surface area contributed by atoms with E-state index in [4.69, 9.17) is 14.8 Å². The van der Waals surface area contributed by atoms with Gasteiger partial charge in [0.25, 0.3) is 0 Å². The van der Waals surface area contributed by atoms with Crippen LogP contribution in [0.15, 0.2) is 18.2 Å². The van der Waals surface area contributed by atoms with Gasteiger partial charge in [0.1, 0.15) is 5.69 Å². The number of fused-ring (bicyclic) bond motifs is 2. The minimum atomic E-state index is -0.736. The van der Waals surface area contributed by atoms with Crippen molar-refractivity contribution in [2.24, 2.45) is 10.8 Å². The van der Waals surface area contributed by atoms with Gasteiger partial charge in [-0.25, -0.2) is 4.98 Å². The van der Waals surface area contributed by atoms with Crippen molar-refractivity contribution in [1.29, 1.82) is 0 Å². The molecule has 0 aromatic carbocycles. The highest BCUT2D eigenvalue weighted by Crippen LogP contribution is 2.35. The molecule has 3 rings (SSSR count). The normalized spacial score (nSPS) is 17.5. The van der Waals surface area contributed by atoms with Gasteiger partial charge in [0, 0.05) is 34.5 Å². The number of pyridine rings is 1. The smallest absolute Gasteiger partial charge is 0.311 e. The summed E-state index contributed by atoms with van der Waals surface area (Å²) in [6.07, 6.45) is 14.5. The molecule has 0 unspecified atom stereocenters. The van der Waals surface area contributed by atoms with E-state index >= 15 is 0 Å². The highest BCUT2D eigenvalue weighted by atomic mass is 16.5. The largest absolute Gasteiger partial charge is 0.481 e. The van der Waals surface area contributed by atoms with E-state index in [9.17, 15) is 9.59 Å². The highest BCUT2D eigenvalue weighted by Gasteiger charge is 2.29. The minimum absolute atomic E-state index is 0.0604. The van der Waals surface area contributed by atoms with Gasteiger partial charge in [-0.1, -0.05) is 71.1 Å². The maximum atomic E-state index is 12.6. The van der Waals surface area contributed by atoms with Gasteiger partial charge in [-0.15, -0.1) is 0 Å². The molecular weight excluding hydrogens is 414 g/mol. The fourth-order valence-electron chi connectivity index (χ4n) is 4.33. The number of hydrogen-bond donors (Lipinski definition) is 1. The quantitative estimate of drug-likeness (QED) is 0.390. The third-order valence-electron chi connectivity index (χ3n) is 6.63. The second-order valence-electron chi connectivity index (χ2n) is 10.5. The van der Waals surface area contributed by atoms with E-state index in [0.29, 0.717) is 12.2 Å². The Balaban J connectivity index is 1.67. The van der Waals surface area contributed by atoms with Crippen LogP contribution in [0.3, 0.4) is 0 Å². The lowest BCUT2D eigenvalue weighted by atomic mass is 9.79. The van der Waals surface area contributed by atoms with Gasteiger partial charge in [-0.05, 0) is 38.0 Å². The summed E-state index contributed by atoms with van der Waals surface area (Å²) in [6.45, 7) is 10.7. The Morgan fingerprint density at radius 3 is 2.27 bits per heavy atom. The van der Waals surface area contributed by atoms with Gasteiger partial charge < -0.3 is 9.84 Å². The second-order valence-corrected chi connectivity index (χ2v) is 10.5. The molecule has 0 aliphatic heterocycles. The molecule has 0 bridgehead atoms. The van der Waals surface area contributed by atoms with E-state index in [1.54, 1.807) is 0 Å². The number of carbonyl (C=O) groups is 2. The zero-order chi connectivity index (χ0) is 24.2. The van der Waals surface area contributed by atoms with Crippen LogP contribution in [0, 0.1) is 10.8 Å². The fraction of sp³-hybridized carbons (Fsp3) is 0.536. The molecule has 1 aromatic rings. The molecule has 2 aliphatic rings. The van der Waals surface area contributed by atoms with Crippen molar-refractivity contribution in [2.45, 2.75) is 86.0 Å². The van der Waals surface area contributed by atoms with E-state index in [0.717, 1.165) is 60.4 Å². The maximum absolute atomic E-state index is 12.6. The zero-order valence-electron chi connectivity index (χ0n) is 20.7. The molecule has 33 heavy (non-hydrogen) atoms. The van der Waals surface area contributed by atoms with Crippen molar-refractivity contribution in [2.75, 3.05) is 0 Å². The second kappa shape index (κ2) is 10.1. The van der Waals surface area contributed by atoms with Gasteiger partial charge in [-0.3, -0.25) is 9.59 Å². The van der Waals surface area contributed by atoms with Crippen LogP contribution >= 0.6 is 0 Å². The first-order chi connectivity index (χ1) is 15.5. The van der Waals surface area contributed by atoms with E-state index in [1.165, 1.54) is 5.57 Å². The van der Waals surface area contributed by atoms with Crippen LogP contribution in [0.5, 0.6) is 0 Å². The van der Waals surface area contributed by atoms with E-state index in [1.807, 2.05) is 6.08 Å². The third-order valence-corrected chi connectivity index (χ3v) is 6.63. The summed E-state index contributed by atoms with van der Waals surface area (Å²) in [5.41, 5.74) is 2.78. The molecule has 0 atom stereocenters. The lowest BCUT2D eigenvalue weighted by Crippen LogP contribution is -2.33. The lowest BCUT2D eigenvalue weighted by molar-refractivity contribution is -0.138. The van der Waals surface area contributed by atoms with Crippen molar-refractivity contribution >= 4 is 35.4 Å². The van der Waals surface area contributed by atoms with Crippen LogP contribution in [0.2, 0.25) is 0 Å². The number of aromatic nitrogens is 1. The lowest BCUT2D eigenvalue weighted by Gasteiger charge is -2.29. The molecule has 1 N–H and O–H groups in total. The number of hydrogen-bond acceptors (Lipinski definition) is 4. The van der Waals surface area contributed by atoms with Crippen LogP contribution in [-0.4, -0.2) is 22.0 Å². The molecule has 2 aliphatic carbocycles. The predicted molar refractivity (Wildman–Crippen MR) is 132 cm³/mol. The Bertz CT molecular complexity index is 1110. The van der Waals surface area contributed by atoms with Crippen LogP contribution in [0.25, 0.3) is 23.5 Å². The van der Waals surface area contributed by atoms with E-state index < -0.39 is 5.97 Å². The highest BCUT2D eigenvalue weighted by molar-refractivity contribution is 5.81. The zero-order valence-corrected chi connectivity index (χ0v) is 20.7. The van der Waals surface area contributed by atoms with Gasteiger partial charge >= 0.3 is 11.9 Å². The molecule has 0 radical (unpaired) electrons. The number of carbonyl (C=O) groups excluding carboxylic acids is 1. The Hall–Kier alpha value is -2.69. The fourth-order valence-corrected chi connectivity index (χ4v) is 4.33. The summed E-state index contributed by atoms with van der Waals surface area (Å²) in [5, 5.41) is 10.6. The summed E-state index contributed by atoms with van der Waals surface area (Å²) in [4.78, 5) is 28.1. The minimum Gasteiger partial charge on any atom is -0.481 e. The van der Waals surface area contributed by atoms with Gasteiger partial charge in [-0.2, -0.15) is 0 Å². The number of nitrogens with zero attached hydrogens (tertiary/aromatic N) is 1. The molecular formula is C28H37NO4. The number of rotatable bonds is 10. The third kappa shape index (κ3) is 6.43. The van der Waals surface area contributed by atoms with Crippen LogP contribution in [0.1, 0.15) is 97.2 Å². The molecule has 0 fully saturated rings. The first-order valence-corrected chi connectivity index (χ1v) is 12.1. The molecule has 1 aromatic heterocycles. The topological polar surface area (TPSA) is 76.5 Å². The van der Waals surface area contributed by atoms with Gasteiger partial charge in [0.05, 0.1) is 5.35 Å². The monoisotopic (exact) mass is 451 g/mol. The van der Waals surface area contributed by atoms with E-state index in [-0.39, 0.29) is 23.2 Å². The Labute approximate surface area is 197 Å². The molecule has 0 spiro atoms. The number of carboxylic acid groups (broad SMARTS) is 1. The number of aliphatic carboxylic acids is 1. The molecule has 0 saturated heterocycles. The van der Waals surface area contributed by atoms with Gasteiger partial charge in [0.15, 0.2) is 5.76 Å². The first-order valence-electron chi connectivity index (χ1n) is 12.1. The first kappa shape index (κ1) is 24.9. The molecule has 5 nitrogen and oxygen atoms in total. The van der Waals surface area contributed by atoms with Crippen molar-refractivity contribution in [3.05, 3.63) is 40.0 Å². The standard InChI is InChI=1S/C28H37NO4/c1-19-21-16-20-14-15-27(2,3)17-22(20)29-26(21)23(18-28(19,4)5)33-25(32)13-11-9-7-6-8-10-12-24(30)31/h14-18H,6-13H2,1-5H3,(H,30,31). The van der Waals surface area contributed by atoms with Crippen molar-refractivity contribution in [3.8, 4) is 0 Å². The SMILES string of the molecule is CC1=c2cc3c(nc2C(OC(=O)CCCCCCCCC(=O)O)=CC1(C)C)=CC(C)(C)C=C3. The molecule has 0 amide bonds. The number of ether oxygens (including phenoxy) is 1. The van der Waals surface area contributed by atoms with E-state index in [2.05, 4.69) is 58.9 Å². The average molecular weight is 452 g/mol. The van der Waals surface area contributed by atoms with Crippen LogP contribution in [-0.2, 0) is 14.3 Å². The Morgan fingerprint density at radius 1 is 0.970 bits per heavy atom. The molecule has 0 saturated carbocycles. The van der Waals surface area contributed by atoms with Crippen molar-refractivity contribution in [1.82, 2.24) is 4.98 Å².